The van der Waals surface area contributed by atoms with Gasteiger partial charge in [0.2, 0.25) is 0 Å². The summed E-state index contributed by atoms with van der Waals surface area (Å²) in [4.78, 5) is 12.0. The van der Waals surface area contributed by atoms with Crippen LogP contribution in [0.25, 0.3) is 0 Å². The number of nitrogen functional groups attached to an aromatic ring is 1. The average molecular weight is 234 g/mol. The van der Waals surface area contributed by atoms with Crippen LogP contribution in [0.5, 0.6) is 5.75 Å². The molecule has 1 aromatic rings. The van der Waals surface area contributed by atoms with Crippen LogP contribution in [0.4, 0.5) is 5.69 Å². The molecule has 0 heterocycles. The number of methoxy groups -OCH3 is 1. The number of carbonyl (C=O) groups is 1. The highest BCUT2D eigenvalue weighted by atomic mass is 16.5. The molecule has 3 N–H and O–H groups in total. The van der Waals surface area contributed by atoms with Crippen LogP contribution in [-0.4, -0.2) is 19.1 Å². The number of rotatable bonds is 4. The third-order valence-electron chi connectivity index (χ3n) is 3.16. The molecule has 1 fully saturated rings. The zero-order valence-electron chi connectivity index (χ0n) is 10.2. The Bertz CT molecular complexity index is 427. The summed E-state index contributed by atoms with van der Waals surface area (Å²) in [5, 5.41) is 2.99. The van der Waals surface area contributed by atoms with E-state index in [0.29, 0.717) is 22.9 Å². The highest BCUT2D eigenvalue weighted by Crippen LogP contribution is 2.32. The van der Waals surface area contributed by atoms with Gasteiger partial charge in [-0.15, -0.1) is 0 Å². The van der Waals surface area contributed by atoms with E-state index >= 15 is 0 Å². The van der Waals surface area contributed by atoms with Crippen LogP contribution in [-0.2, 0) is 0 Å². The third kappa shape index (κ3) is 2.70. The second kappa shape index (κ2) is 4.65. The van der Waals surface area contributed by atoms with E-state index in [-0.39, 0.29) is 11.9 Å². The molecular weight excluding hydrogens is 216 g/mol. The van der Waals surface area contributed by atoms with Crippen molar-refractivity contribution in [2.75, 3.05) is 12.8 Å². The highest BCUT2D eigenvalue weighted by molar-refractivity contribution is 5.97. The molecular formula is C13H18N2O2. The van der Waals surface area contributed by atoms with Crippen molar-refractivity contribution in [1.82, 2.24) is 5.32 Å². The van der Waals surface area contributed by atoms with E-state index in [1.165, 1.54) is 20.0 Å². The van der Waals surface area contributed by atoms with Gasteiger partial charge in [-0.2, -0.15) is 0 Å². The highest BCUT2D eigenvalue weighted by Gasteiger charge is 2.29. The molecule has 1 saturated carbocycles. The number of hydrogen-bond acceptors (Lipinski definition) is 3. The summed E-state index contributed by atoms with van der Waals surface area (Å²) in [6.07, 6.45) is 2.42. The van der Waals surface area contributed by atoms with E-state index in [2.05, 4.69) is 5.32 Å². The molecule has 1 amide bonds. The maximum Gasteiger partial charge on any atom is 0.255 e. The van der Waals surface area contributed by atoms with E-state index in [1.54, 1.807) is 18.2 Å². The first-order valence-corrected chi connectivity index (χ1v) is 5.86. The van der Waals surface area contributed by atoms with Gasteiger partial charge in [0.1, 0.15) is 5.75 Å². The molecule has 1 aliphatic rings. The molecule has 1 atom stereocenters. The van der Waals surface area contributed by atoms with Gasteiger partial charge in [0.25, 0.3) is 5.91 Å². The Morgan fingerprint density at radius 2 is 2.24 bits per heavy atom. The lowest BCUT2D eigenvalue weighted by Gasteiger charge is -2.14. The summed E-state index contributed by atoms with van der Waals surface area (Å²) < 4.78 is 5.16. The Morgan fingerprint density at radius 3 is 2.82 bits per heavy atom. The summed E-state index contributed by atoms with van der Waals surface area (Å²) in [6.45, 7) is 2.04. The molecule has 4 nitrogen and oxygen atoms in total. The van der Waals surface area contributed by atoms with Gasteiger partial charge >= 0.3 is 0 Å². The number of ether oxygens (including phenoxy) is 1. The SMILES string of the molecule is COc1cc(N)ccc1C(=O)NC(C)C1CC1. The number of nitrogens with one attached hydrogen (secondary N) is 1. The summed E-state index contributed by atoms with van der Waals surface area (Å²) in [5.74, 6) is 1.06. The first-order chi connectivity index (χ1) is 8.11. The molecule has 1 aliphatic carbocycles. The molecule has 1 unspecified atom stereocenters. The number of hydrogen-bond donors (Lipinski definition) is 2. The van der Waals surface area contributed by atoms with Gasteiger partial charge in [-0.3, -0.25) is 4.79 Å². The predicted octanol–water partition coefficient (Wildman–Crippen LogP) is 1.81. The van der Waals surface area contributed by atoms with Gasteiger partial charge in [0.05, 0.1) is 12.7 Å². The van der Waals surface area contributed by atoms with Gasteiger partial charge in [-0.05, 0) is 37.8 Å². The largest absolute Gasteiger partial charge is 0.496 e. The van der Waals surface area contributed by atoms with Crippen LogP contribution >= 0.6 is 0 Å². The van der Waals surface area contributed by atoms with Crippen LogP contribution in [0.1, 0.15) is 30.1 Å². The van der Waals surface area contributed by atoms with E-state index in [9.17, 15) is 4.79 Å². The van der Waals surface area contributed by atoms with Crippen molar-refractivity contribution in [1.29, 1.82) is 0 Å². The average Bonchev–Trinajstić information content (AvgIpc) is 3.12. The van der Waals surface area contributed by atoms with Gasteiger partial charge in [-0.25, -0.2) is 0 Å². The molecule has 0 bridgehead atoms. The fourth-order valence-corrected chi connectivity index (χ4v) is 1.89. The van der Waals surface area contributed by atoms with Crippen molar-refractivity contribution in [3.8, 4) is 5.75 Å². The summed E-state index contributed by atoms with van der Waals surface area (Å²) >= 11 is 0. The Balaban J connectivity index is 2.12. The van der Waals surface area contributed by atoms with E-state index in [0.717, 1.165) is 0 Å². The Morgan fingerprint density at radius 1 is 1.53 bits per heavy atom. The van der Waals surface area contributed by atoms with Crippen molar-refractivity contribution >= 4 is 11.6 Å². The number of benzene rings is 1. The van der Waals surface area contributed by atoms with Crippen molar-refractivity contribution in [2.24, 2.45) is 5.92 Å². The maximum atomic E-state index is 12.0. The Kier molecular flexibility index (Phi) is 3.22. The molecule has 1 aromatic carbocycles. The summed E-state index contributed by atoms with van der Waals surface area (Å²) in [5.41, 5.74) is 6.78. The second-order valence-corrected chi connectivity index (χ2v) is 4.56. The third-order valence-corrected chi connectivity index (χ3v) is 3.16. The predicted molar refractivity (Wildman–Crippen MR) is 67.1 cm³/mol. The van der Waals surface area contributed by atoms with Gasteiger partial charge in [0.15, 0.2) is 0 Å². The molecule has 17 heavy (non-hydrogen) atoms. The number of nitrogens with two attached hydrogens (primary N) is 1. The van der Waals surface area contributed by atoms with Crippen molar-refractivity contribution in [3.63, 3.8) is 0 Å². The minimum absolute atomic E-state index is 0.0961. The fourth-order valence-electron chi connectivity index (χ4n) is 1.89. The normalized spacial score (nSPS) is 16.4. The van der Waals surface area contributed by atoms with Crippen molar-refractivity contribution in [3.05, 3.63) is 23.8 Å². The molecule has 4 heteroatoms. The van der Waals surface area contributed by atoms with Crippen molar-refractivity contribution in [2.45, 2.75) is 25.8 Å². The lowest BCUT2D eigenvalue weighted by Crippen LogP contribution is -2.34. The van der Waals surface area contributed by atoms with Crippen LogP contribution in [0.3, 0.4) is 0 Å². The first-order valence-electron chi connectivity index (χ1n) is 5.86. The number of carbonyl (C=O) groups excluding carboxylic acids is 1. The Labute approximate surface area is 101 Å². The van der Waals surface area contributed by atoms with Gasteiger partial charge < -0.3 is 15.8 Å². The number of amides is 1. The maximum absolute atomic E-state index is 12.0. The van der Waals surface area contributed by atoms with E-state index in [1.807, 2.05) is 6.92 Å². The molecule has 92 valence electrons. The minimum Gasteiger partial charge on any atom is -0.496 e. The first kappa shape index (κ1) is 11.8. The summed E-state index contributed by atoms with van der Waals surface area (Å²) in [7, 11) is 1.54. The van der Waals surface area contributed by atoms with Gasteiger partial charge in [-0.1, -0.05) is 0 Å². The second-order valence-electron chi connectivity index (χ2n) is 4.56. The smallest absolute Gasteiger partial charge is 0.255 e. The van der Waals surface area contributed by atoms with Crippen LogP contribution in [0.2, 0.25) is 0 Å². The van der Waals surface area contributed by atoms with Crippen LogP contribution in [0.15, 0.2) is 18.2 Å². The zero-order valence-corrected chi connectivity index (χ0v) is 10.2. The van der Waals surface area contributed by atoms with Crippen LogP contribution in [0, 0.1) is 5.92 Å². The van der Waals surface area contributed by atoms with E-state index in [4.69, 9.17) is 10.5 Å². The fraction of sp³-hybridized carbons (Fsp3) is 0.462. The number of anilines is 1. The van der Waals surface area contributed by atoms with Gasteiger partial charge in [0, 0.05) is 17.8 Å². The Hall–Kier alpha value is -1.71. The lowest BCUT2D eigenvalue weighted by molar-refractivity contribution is 0.0933. The molecule has 2 rings (SSSR count). The monoisotopic (exact) mass is 234 g/mol. The minimum atomic E-state index is -0.0961. The standard InChI is InChI=1S/C13H18N2O2/c1-8(9-3-4-9)15-13(16)11-6-5-10(14)7-12(11)17-2/h5-9H,3-4,14H2,1-2H3,(H,15,16). The molecule has 0 radical (unpaired) electrons. The topological polar surface area (TPSA) is 64.3 Å². The molecule has 0 aromatic heterocycles. The lowest BCUT2D eigenvalue weighted by atomic mass is 10.1. The summed E-state index contributed by atoms with van der Waals surface area (Å²) in [6, 6.07) is 5.30. The molecule has 0 aliphatic heterocycles. The molecule has 0 spiro atoms. The van der Waals surface area contributed by atoms with Crippen LogP contribution < -0.4 is 15.8 Å². The quantitative estimate of drug-likeness (QED) is 0.781. The molecule has 0 saturated heterocycles. The van der Waals surface area contributed by atoms with E-state index < -0.39 is 0 Å². The van der Waals surface area contributed by atoms with Crippen molar-refractivity contribution < 1.29 is 9.53 Å². The zero-order chi connectivity index (χ0) is 12.4.